The molecule has 0 bridgehead atoms. The van der Waals surface area contributed by atoms with E-state index in [9.17, 15) is 25.6 Å². The van der Waals surface area contributed by atoms with E-state index in [-0.39, 0.29) is 10.6 Å². The molecule has 0 atom stereocenters. The van der Waals surface area contributed by atoms with E-state index in [1.807, 2.05) is 0 Å². The Morgan fingerprint density at radius 1 is 0.571 bits per heavy atom. The molecule has 0 saturated heterocycles. The Kier molecular flexibility index (Phi) is 5.34. The zero-order chi connectivity index (χ0) is 20.4. The van der Waals surface area contributed by atoms with Gasteiger partial charge in [-0.1, -0.05) is 18.2 Å². The second-order valence-electron chi connectivity index (χ2n) is 5.68. The third kappa shape index (κ3) is 4.46. The maximum atomic E-state index is 13.3. The summed E-state index contributed by atoms with van der Waals surface area (Å²) >= 11 is 0. The summed E-state index contributed by atoms with van der Waals surface area (Å²) in [6.07, 6.45) is 0. The van der Waals surface area contributed by atoms with Gasteiger partial charge >= 0.3 is 0 Å². The lowest BCUT2D eigenvalue weighted by molar-refractivity contribution is 0.504. The van der Waals surface area contributed by atoms with Crippen LogP contribution in [0.3, 0.4) is 0 Å². The lowest BCUT2D eigenvalue weighted by Crippen LogP contribution is -2.15. The number of hydrogen-bond acceptors (Lipinski definition) is 4. The first-order chi connectivity index (χ1) is 13.2. The minimum absolute atomic E-state index is 0.0587. The van der Waals surface area contributed by atoms with Gasteiger partial charge in [0.2, 0.25) is 0 Å². The van der Waals surface area contributed by atoms with Gasteiger partial charge in [0.05, 0.1) is 9.79 Å². The molecule has 0 saturated carbocycles. The Morgan fingerprint density at radius 2 is 1.07 bits per heavy atom. The number of sulfonamides is 2. The highest BCUT2D eigenvalue weighted by Crippen LogP contribution is 2.21. The monoisotopic (exact) mass is 424 g/mol. The van der Waals surface area contributed by atoms with Gasteiger partial charge in [-0.2, -0.15) is 0 Å². The molecule has 0 spiro atoms. The maximum Gasteiger partial charge on any atom is 0.261 e. The smallest absolute Gasteiger partial charge is 0.261 e. The van der Waals surface area contributed by atoms with E-state index >= 15 is 0 Å². The van der Waals surface area contributed by atoms with E-state index in [2.05, 4.69) is 9.44 Å². The zero-order valence-corrected chi connectivity index (χ0v) is 15.8. The van der Waals surface area contributed by atoms with Crippen molar-refractivity contribution in [1.29, 1.82) is 0 Å². The molecule has 0 aliphatic heterocycles. The van der Waals surface area contributed by atoms with Crippen LogP contribution in [-0.4, -0.2) is 16.8 Å². The molecular formula is C18H14F2N2O4S2. The van der Waals surface area contributed by atoms with Gasteiger partial charge in [-0.25, -0.2) is 25.6 Å². The first kappa shape index (κ1) is 19.8. The molecule has 0 fully saturated rings. The van der Waals surface area contributed by atoms with Crippen LogP contribution in [0.5, 0.6) is 0 Å². The second-order valence-corrected chi connectivity index (χ2v) is 9.04. The van der Waals surface area contributed by atoms with E-state index < -0.39 is 36.6 Å². The van der Waals surface area contributed by atoms with Crippen molar-refractivity contribution in [3.05, 3.63) is 84.4 Å². The number of rotatable bonds is 6. The fourth-order valence-corrected chi connectivity index (χ4v) is 4.41. The van der Waals surface area contributed by atoms with Gasteiger partial charge in [-0.05, 0) is 54.6 Å². The average molecular weight is 424 g/mol. The van der Waals surface area contributed by atoms with Crippen molar-refractivity contribution in [2.75, 3.05) is 9.44 Å². The highest BCUT2D eigenvalue weighted by Gasteiger charge is 2.18. The number of para-hydroxylation sites is 1. The van der Waals surface area contributed by atoms with Gasteiger partial charge in [0, 0.05) is 11.4 Å². The van der Waals surface area contributed by atoms with Gasteiger partial charge < -0.3 is 0 Å². The molecule has 0 aliphatic carbocycles. The molecule has 3 aromatic carbocycles. The molecule has 146 valence electrons. The fourth-order valence-electron chi connectivity index (χ4n) is 2.28. The van der Waals surface area contributed by atoms with Crippen LogP contribution in [-0.2, 0) is 20.0 Å². The van der Waals surface area contributed by atoms with Crippen LogP contribution in [0.1, 0.15) is 0 Å². The SMILES string of the molecule is O=S(=O)(Nc1ccccc1)c1ccc(NS(=O)(=O)c2ccc(F)c(F)c2)cc1. The number of hydrogen-bond donors (Lipinski definition) is 2. The van der Waals surface area contributed by atoms with Gasteiger partial charge in [0.15, 0.2) is 11.6 Å². The van der Waals surface area contributed by atoms with Crippen LogP contribution in [0, 0.1) is 11.6 Å². The summed E-state index contributed by atoms with van der Waals surface area (Å²) in [4.78, 5) is -0.541. The quantitative estimate of drug-likeness (QED) is 0.633. The molecule has 3 aromatic rings. The van der Waals surface area contributed by atoms with Crippen LogP contribution < -0.4 is 9.44 Å². The molecular weight excluding hydrogens is 410 g/mol. The van der Waals surface area contributed by atoms with Crippen molar-refractivity contribution in [1.82, 2.24) is 0 Å². The van der Waals surface area contributed by atoms with Gasteiger partial charge in [-0.15, -0.1) is 0 Å². The molecule has 0 amide bonds. The molecule has 10 heteroatoms. The first-order valence-corrected chi connectivity index (χ1v) is 10.8. The summed E-state index contributed by atoms with van der Waals surface area (Å²) in [6.45, 7) is 0. The van der Waals surface area contributed by atoms with Crippen LogP contribution in [0.4, 0.5) is 20.2 Å². The van der Waals surface area contributed by atoms with E-state index in [1.165, 1.54) is 24.3 Å². The lowest BCUT2D eigenvalue weighted by atomic mass is 10.3. The molecule has 0 unspecified atom stereocenters. The van der Waals surface area contributed by atoms with Crippen LogP contribution in [0.15, 0.2) is 82.6 Å². The topological polar surface area (TPSA) is 92.3 Å². The van der Waals surface area contributed by atoms with Crippen molar-refractivity contribution in [3.63, 3.8) is 0 Å². The lowest BCUT2D eigenvalue weighted by Gasteiger charge is -2.10. The predicted molar refractivity (Wildman–Crippen MR) is 101 cm³/mol. The molecule has 0 aromatic heterocycles. The van der Waals surface area contributed by atoms with E-state index in [0.29, 0.717) is 17.8 Å². The molecule has 6 nitrogen and oxygen atoms in total. The Hall–Kier alpha value is -2.98. The first-order valence-electron chi connectivity index (χ1n) is 7.83. The van der Waals surface area contributed by atoms with Crippen molar-refractivity contribution in [2.24, 2.45) is 0 Å². The Labute approximate surface area is 160 Å². The zero-order valence-electron chi connectivity index (χ0n) is 14.1. The summed E-state index contributed by atoms with van der Waals surface area (Å²) in [5, 5.41) is 0. The Balaban J connectivity index is 1.79. The number of anilines is 2. The molecule has 28 heavy (non-hydrogen) atoms. The molecule has 2 N–H and O–H groups in total. The average Bonchev–Trinajstić information content (AvgIpc) is 2.64. The Bertz CT molecular complexity index is 1200. The van der Waals surface area contributed by atoms with Crippen molar-refractivity contribution in [2.45, 2.75) is 9.79 Å². The number of benzene rings is 3. The summed E-state index contributed by atoms with van der Waals surface area (Å²) < 4.78 is 80.1. The third-order valence-electron chi connectivity index (χ3n) is 3.64. The fraction of sp³-hybridized carbons (Fsp3) is 0. The summed E-state index contributed by atoms with van der Waals surface area (Å²) in [7, 11) is -8.03. The maximum absolute atomic E-state index is 13.3. The summed E-state index contributed by atoms with van der Waals surface area (Å²) in [6, 6.07) is 15.4. The Morgan fingerprint density at radius 3 is 1.64 bits per heavy atom. The standard InChI is InChI=1S/C18H14F2N2O4S2/c19-17-11-10-16(12-18(17)20)28(25,26)22-14-6-8-15(9-7-14)27(23,24)21-13-4-2-1-3-5-13/h1-12,21-22H. The van der Waals surface area contributed by atoms with E-state index in [0.717, 1.165) is 6.07 Å². The number of nitrogens with one attached hydrogen (secondary N) is 2. The van der Waals surface area contributed by atoms with E-state index in [1.54, 1.807) is 30.3 Å². The predicted octanol–water partition coefficient (Wildman–Crippen LogP) is 3.57. The highest BCUT2D eigenvalue weighted by molar-refractivity contribution is 7.93. The largest absolute Gasteiger partial charge is 0.280 e. The number of halogens is 2. The van der Waals surface area contributed by atoms with Crippen molar-refractivity contribution >= 4 is 31.4 Å². The molecule has 0 heterocycles. The molecule has 0 radical (unpaired) electrons. The minimum Gasteiger partial charge on any atom is -0.280 e. The van der Waals surface area contributed by atoms with Crippen LogP contribution in [0.2, 0.25) is 0 Å². The second kappa shape index (κ2) is 7.56. The van der Waals surface area contributed by atoms with E-state index in [4.69, 9.17) is 0 Å². The highest BCUT2D eigenvalue weighted by atomic mass is 32.2. The summed E-state index contributed by atoms with van der Waals surface area (Å²) in [5.41, 5.74) is 0.439. The van der Waals surface area contributed by atoms with Gasteiger partial charge in [0.1, 0.15) is 0 Å². The minimum atomic E-state index is -4.17. The van der Waals surface area contributed by atoms with Crippen molar-refractivity contribution < 1.29 is 25.6 Å². The molecule has 0 aliphatic rings. The van der Waals surface area contributed by atoms with Crippen LogP contribution in [0.25, 0.3) is 0 Å². The van der Waals surface area contributed by atoms with Crippen LogP contribution >= 0.6 is 0 Å². The van der Waals surface area contributed by atoms with Crippen molar-refractivity contribution in [3.8, 4) is 0 Å². The third-order valence-corrected chi connectivity index (χ3v) is 6.42. The summed E-state index contributed by atoms with van der Waals surface area (Å²) in [5.74, 6) is -2.46. The van der Waals surface area contributed by atoms with Gasteiger partial charge in [0.25, 0.3) is 20.0 Å². The van der Waals surface area contributed by atoms with Gasteiger partial charge in [-0.3, -0.25) is 9.44 Å². The molecule has 3 rings (SSSR count). The normalized spacial score (nSPS) is 11.8.